The van der Waals surface area contributed by atoms with E-state index in [9.17, 15) is 9.59 Å². The van der Waals surface area contributed by atoms with Gasteiger partial charge in [-0.3, -0.25) is 14.6 Å². The Kier molecular flexibility index (Phi) is 5.22. The topological polar surface area (TPSA) is 61.8 Å². The quantitative estimate of drug-likeness (QED) is 0.776. The Labute approximate surface area is 178 Å². The highest BCUT2D eigenvalue weighted by atomic mass is 16.2. The second kappa shape index (κ2) is 7.71. The zero-order valence-electron chi connectivity index (χ0n) is 18.4. The van der Waals surface area contributed by atoms with Crippen molar-refractivity contribution in [3.8, 4) is 0 Å². The molecule has 0 spiro atoms. The standard InChI is InChI=1S/C25H29N3O2/c1-14-9-17(4)24(18(5)10-14)27-23(29)13-28-22-12-16(3)15(2)11-21(22)26-20-8-6-7-19(20)25(28)30/h9-12,19H,6-8,13H2,1-5H3,(H,27,29). The Hall–Kier alpha value is -2.95. The summed E-state index contributed by atoms with van der Waals surface area (Å²) in [5, 5.41) is 3.04. The number of fused-ring (bicyclic) bond motifs is 2. The molecule has 156 valence electrons. The van der Waals surface area contributed by atoms with E-state index < -0.39 is 0 Å². The Morgan fingerprint density at radius 2 is 1.70 bits per heavy atom. The summed E-state index contributed by atoms with van der Waals surface area (Å²) in [5.74, 6) is -0.418. The summed E-state index contributed by atoms with van der Waals surface area (Å²) in [5.41, 5.74) is 8.74. The van der Waals surface area contributed by atoms with Crippen molar-refractivity contribution in [2.75, 3.05) is 16.8 Å². The maximum absolute atomic E-state index is 13.4. The van der Waals surface area contributed by atoms with Crippen LogP contribution < -0.4 is 10.2 Å². The minimum Gasteiger partial charge on any atom is -0.324 e. The lowest BCUT2D eigenvalue weighted by atomic mass is 10.0. The normalized spacial score (nSPS) is 17.9. The van der Waals surface area contributed by atoms with Crippen molar-refractivity contribution in [3.63, 3.8) is 0 Å². The first-order chi connectivity index (χ1) is 14.2. The first-order valence-electron chi connectivity index (χ1n) is 10.6. The summed E-state index contributed by atoms with van der Waals surface area (Å²) in [6.07, 6.45) is 2.62. The van der Waals surface area contributed by atoms with Crippen molar-refractivity contribution in [2.45, 2.75) is 53.9 Å². The zero-order chi connectivity index (χ0) is 21.6. The van der Waals surface area contributed by atoms with Crippen LogP contribution in [0.15, 0.2) is 29.3 Å². The van der Waals surface area contributed by atoms with E-state index in [1.54, 1.807) is 4.90 Å². The molecule has 1 saturated carbocycles. The fourth-order valence-corrected chi connectivity index (χ4v) is 4.64. The zero-order valence-corrected chi connectivity index (χ0v) is 18.4. The summed E-state index contributed by atoms with van der Waals surface area (Å²) < 4.78 is 0. The molecular weight excluding hydrogens is 374 g/mol. The van der Waals surface area contributed by atoms with Gasteiger partial charge in [-0.25, -0.2) is 0 Å². The van der Waals surface area contributed by atoms with E-state index in [1.807, 2.05) is 39.8 Å². The smallest absolute Gasteiger partial charge is 0.244 e. The molecule has 5 heteroatoms. The van der Waals surface area contributed by atoms with Crippen LogP contribution in [0.5, 0.6) is 0 Å². The molecule has 1 unspecified atom stereocenters. The van der Waals surface area contributed by atoms with E-state index in [-0.39, 0.29) is 24.3 Å². The van der Waals surface area contributed by atoms with E-state index in [2.05, 4.69) is 24.4 Å². The van der Waals surface area contributed by atoms with E-state index in [1.165, 1.54) is 0 Å². The van der Waals surface area contributed by atoms with Crippen LogP contribution in [-0.2, 0) is 9.59 Å². The SMILES string of the molecule is Cc1cc(C)c(NC(=O)CN2C(=O)C3CCCC3=Nc3cc(C)c(C)cc32)c(C)c1. The third-order valence-corrected chi connectivity index (χ3v) is 6.28. The Bertz CT molecular complexity index is 1060. The molecule has 5 nitrogen and oxygen atoms in total. The maximum atomic E-state index is 13.4. The molecule has 0 radical (unpaired) electrons. The molecular formula is C25H29N3O2. The number of anilines is 2. The average molecular weight is 404 g/mol. The van der Waals surface area contributed by atoms with Gasteiger partial charge in [0.05, 0.1) is 17.3 Å². The molecule has 2 aliphatic rings. The van der Waals surface area contributed by atoms with Gasteiger partial charge in [0.15, 0.2) is 0 Å². The predicted octanol–water partition coefficient (Wildman–Crippen LogP) is 5.09. The van der Waals surface area contributed by atoms with Crippen LogP contribution in [0.25, 0.3) is 0 Å². The van der Waals surface area contributed by atoms with E-state index in [0.717, 1.165) is 69.9 Å². The van der Waals surface area contributed by atoms with Crippen molar-refractivity contribution in [2.24, 2.45) is 10.9 Å². The first kappa shape index (κ1) is 20.3. The largest absolute Gasteiger partial charge is 0.324 e. The van der Waals surface area contributed by atoms with Gasteiger partial charge in [-0.15, -0.1) is 0 Å². The summed E-state index contributed by atoms with van der Waals surface area (Å²) in [4.78, 5) is 33.0. The van der Waals surface area contributed by atoms with Crippen molar-refractivity contribution in [3.05, 3.63) is 52.1 Å². The molecule has 0 bridgehead atoms. The number of nitrogens with one attached hydrogen (secondary N) is 1. The number of amides is 2. The summed E-state index contributed by atoms with van der Waals surface area (Å²) in [6, 6.07) is 8.13. The number of rotatable bonds is 3. The Balaban J connectivity index is 1.68. The number of carbonyl (C=O) groups excluding carboxylic acids is 2. The lowest BCUT2D eigenvalue weighted by Crippen LogP contribution is -2.42. The fraction of sp³-hybridized carbons (Fsp3) is 0.400. The van der Waals surface area contributed by atoms with Crippen LogP contribution in [0.4, 0.5) is 17.1 Å². The van der Waals surface area contributed by atoms with Gasteiger partial charge < -0.3 is 10.2 Å². The van der Waals surface area contributed by atoms with Gasteiger partial charge in [0.1, 0.15) is 6.54 Å². The van der Waals surface area contributed by atoms with Crippen LogP contribution in [0.1, 0.15) is 47.1 Å². The van der Waals surface area contributed by atoms with E-state index in [4.69, 9.17) is 4.99 Å². The summed E-state index contributed by atoms with van der Waals surface area (Å²) >= 11 is 0. The van der Waals surface area contributed by atoms with Gasteiger partial charge in [0.2, 0.25) is 11.8 Å². The lowest BCUT2D eigenvalue weighted by molar-refractivity contribution is -0.122. The first-order valence-corrected chi connectivity index (χ1v) is 10.6. The third-order valence-electron chi connectivity index (χ3n) is 6.28. The van der Waals surface area contributed by atoms with E-state index >= 15 is 0 Å². The molecule has 2 aromatic carbocycles. The van der Waals surface area contributed by atoms with Gasteiger partial charge >= 0.3 is 0 Å². The highest BCUT2D eigenvalue weighted by Crippen LogP contribution is 2.39. The van der Waals surface area contributed by atoms with Gasteiger partial charge in [-0.1, -0.05) is 17.7 Å². The number of aryl methyl sites for hydroxylation is 5. The van der Waals surface area contributed by atoms with Crippen LogP contribution in [0.3, 0.4) is 0 Å². The number of benzene rings is 2. The predicted molar refractivity (Wildman–Crippen MR) is 122 cm³/mol. The molecule has 0 aromatic heterocycles. The van der Waals surface area contributed by atoms with E-state index in [0.29, 0.717) is 0 Å². The number of hydrogen-bond donors (Lipinski definition) is 1. The van der Waals surface area contributed by atoms with Crippen LogP contribution in [0.2, 0.25) is 0 Å². The Morgan fingerprint density at radius 1 is 1.03 bits per heavy atom. The second-order valence-electron chi connectivity index (χ2n) is 8.72. The summed E-state index contributed by atoms with van der Waals surface area (Å²) in [6.45, 7) is 10.1. The van der Waals surface area contributed by atoms with Gasteiger partial charge in [-0.2, -0.15) is 0 Å². The molecule has 2 aromatic rings. The molecule has 1 atom stereocenters. The van der Waals surface area contributed by atoms with Crippen molar-refractivity contribution >= 4 is 34.6 Å². The minimum absolute atomic E-state index is 0.0132. The highest BCUT2D eigenvalue weighted by Gasteiger charge is 2.37. The molecule has 1 N–H and O–H groups in total. The molecule has 1 fully saturated rings. The number of nitrogens with zero attached hydrogens (tertiary/aromatic N) is 2. The highest BCUT2D eigenvalue weighted by molar-refractivity contribution is 6.17. The Morgan fingerprint density at radius 3 is 2.40 bits per heavy atom. The molecule has 4 rings (SSSR count). The maximum Gasteiger partial charge on any atom is 0.244 e. The fourth-order valence-electron chi connectivity index (χ4n) is 4.64. The molecule has 2 amide bonds. The minimum atomic E-state index is -0.214. The number of hydrogen-bond acceptors (Lipinski definition) is 3. The molecule has 1 heterocycles. The van der Waals surface area contributed by atoms with Crippen LogP contribution in [0, 0.1) is 40.5 Å². The van der Waals surface area contributed by atoms with Gasteiger partial charge in [0.25, 0.3) is 0 Å². The third kappa shape index (κ3) is 3.64. The van der Waals surface area contributed by atoms with Crippen molar-refractivity contribution in [1.29, 1.82) is 0 Å². The van der Waals surface area contributed by atoms with Gasteiger partial charge in [-0.05, 0) is 88.3 Å². The molecule has 30 heavy (non-hydrogen) atoms. The van der Waals surface area contributed by atoms with Crippen LogP contribution in [-0.4, -0.2) is 24.1 Å². The lowest BCUT2D eigenvalue weighted by Gasteiger charge is -2.25. The van der Waals surface area contributed by atoms with Gasteiger partial charge in [0, 0.05) is 11.4 Å². The number of aliphatic imine (C=N–C) groups is 1. The van der Waals surface area contributed by atoms with Crippen LogP contribution >= 0.6 is 0 Å². The second-order valence-corrected chi connectivity index (χ2v) is 8.72. The molecule has 1 aliphatic heterocycles. The summed E-state index contributed by atoms with van der Waals surface area (Å²) in [7, 11) is 0. The molecule has 0 saturated heterocycles. The monoisotopic (exact) mass is 403 g/mol. The van der Waals surface area contributed by atoms with Crippen molar-refractivity contribution in [1.82, 2.24) is 0 Å². The van der Waals surface area contributed by atoms with Crippen molar-refractivity contribution < 1.29 is 9.59 Å². The molecule has 1 aliphatic carbocycles. The average Bonchev–Trinajstić information content (AvgIpc) is 3.10. The number of carbonyl (C=O) groups is 2.